The van der Waals surface area contributed by atoms with Crippen molar-refractivity contribution in [1.82, 2.24) is 0 Å². The summed E-state index contributed by atoms with van der Waals surface area (Å²) in [5.41, 5.74) is 5.00. The maximum atomic E-state index is 4.25. The summed E-state index contributed by atoms with van der Waals surface area (Å²) < 4.78 is 0. The Labute approximate surface area is 90.7 Å². The number of allylic oxidation sites excluding steroid dienone is 1. The standard InChI is InChI=1S/C13H16N2/c1-4-9-6-7-11-10(5-2)13(14-3)15-12(11)8-9/h5-8H,4H2,1-3H3,(H,14,15). The molecular weight excluding hydrogens is 184 g/mol. The predicted molar refractivity (Wildman–Crippen MR) is 66.5 cm³/mol. The van der Waals surface area contributed by atoms with Gasteiger partial charge in [0.15, 0.2) is 0 Å². The van der Waals surface area contributed by atoms with E-state index in [1.54, 1.807) is 0 Å². The van der Waals surface area contributed by atoms with E-state index in [1.165, 1.54) is 22.4 Å². The number of fused-ring (bicyclic) bond motifs is 1. The maximum absolute atomic E-state index is 4.25. The van der Waals surface area contributed by atoms with Gasteiger partial charge in [-0.3, -0.25) is 4.99 Å². The Hall–Kier alpha value is -1.57. The molecule has 0 aromatic heterocycles. The Balaban J connectivity index is 2.53. The first-order valence-corrected chi connectivity index (χ1v) is 5.34. The van der Waals surface area contributed by atoms with Crippen molar-refractivity contribution in [2.75, 3.05) is 12.4 Å². The number of anilines is 1. The molecule has 0 radical (unpaired) electrons. The van der Waals surface area contributed by atoms with Crippen molar-refractivity contribution in [2.24, 2.45) is 4.99 Å². The summed E-state index contributed by atoms with van der Waals surface area (Å²) in [6.45, 7) is 4.22. The quantitative estimate of drug-likeness (QED) is 0.740. The van der Waals surface area contributed by atoms with Gasteiger partial charge in [-0.05, 0) is 25.0 Å². The van der Waals surface area contributed by atoms with Crippen LogP contribution in [0.4, 0.5) is 5.69 Å². The van der Waals surface area contributed by atoms with Crippen molar-refractivity contribution in [3.63, 3.8) is 0 Å². The second-order valence-electron chi connectivity index (χ2n) is 3.63. The molecule has 0 fully saturated rings. The molecule has 2 nitrogen and oxygen atoms in total. The molecule has 1 aliphatic rings. The summed E-state index contributed by atoms with van der Waals surface area (Å²) in [6, 6.07) is 6.56. The molecule has 1 N–H and O–H groups in total. The SMILES string of the molecule is CC=C1C(=NC)Nc2cc(CC)ccc21. The molecule has 0 aliphatic carbocycles. The van der Waals surface area contributed by atoms with Crippen LogP contribution in [-0.4, -0.2) is 12.9 Å². The van der Waals surface area contributed by atoms with Crippen LogP contribution in [-0.2, 0) is 6.42 Å². The molecule has 0 saturated carbocycles. The Morgan fingerprint density at radius 1 is 1.40 bits per heavy atom. The van der Waals surface area contributed by atoms with Crippen molar-refractivity contribution >= 4 is 17.1 Å². The maximum Gasteiger partial charge on any atom is 0.132 e. The Bertz CT molecular complexity index is 442. The summed E-state index contributed by atoms with van der Waals surface area (Å²) in [6.07, 6.45) is 3.17. The Morgan fingerprint density at radius 3 is 2.80 bits per heavy atom. The zero-order chi connectivity index (χ0) is 10.8. The lowest BCUT2D eigenvalue weighted by atomic mass is 10.0. The molecular formula is C13H16N2. The van der Waals surface area contributed by atoms with Crippen LogP contribution in [0.2, 0.25) is 0 Å². The third-order valence-electron chi connectivity index (χ3n) is 2.80. The first-order valence-electron chi connectivity index (χ1n) is 5.34. The monoisotopic (exact) mass is 200 g/mol. The number of aliphatic imine (C=N–C) groups is 1. The van der Waals surface area contributed by atoms with E-state index in [0.717, 1.165) is 12.3 Å². The van der Waals surface area contributed by atoms with Crippen molar-refractivity contribution in [3.05, 3.63) is 35.4 Å². The lowest BCUT2D eigenvalue weighted by molar-refractivity contribution is 1.14. The molecule has 0 spiro atoms. The van der Waals surface area contributed by atoms with Gasteiger partial charge in [0, 0.05) is 23.9 Å². The van der Waals surface area contributed by atoms with E-state index in [9.17, 15) is 0 Å². The largest absolute Gasteiger partial charge is 0.340 e. The molecule has 78 valence electrons. The van der Waals surface area contributed by atoms with Crippen molar-refractivity contribution in [2.45, 2.75) is 20.3 Å². The van der Waals surface area contributed by atoms with Crippen molar-refractivity contribution in [3.8, 4) is 0 Å². The topological polar surface area (TPSA) is 24.4 Å². The molecule has 0 atom stereocenters. The third kappa shape index (κ3) is 1.56. The van der Waals surface area contributed by atoms with E-state index in [2.05, 4.69) is 41.5 Å². The van der Waals surface area contributed by atoms with E-state index < -0.39 is 0 Å². The van der Waals surface area contributed by atoms with E-state index in [4.69, 9.17) is 0 Å². The molecule has 1 aliphatic heterocycles. The molecule has 15 heavy (non-hydrogen) atoms. The highest BCUT2D eigenvalue weighted by Gasteiger charge is 2.20. The second-order valence-corrected chi connectivity index (χ2v) is 3.63. The van der Waals surface area contributed by atoms with Gasteiger partial charge in [0.05, 0.1) is 0 Å². The zero-order valence-electron chi connectivity index (χ0n) is 9.46. The highest BCUT2D eigenvalue weighted by atomic mass is 15.0. The van der Waals surface area contributed by atoms with E-state index in [0.29, 0.717) is 0 Å². The molecule has 0 amide bonds. The average molecular weight is 200 g/mol. The van der Waals surface area contributed by atoms with Crippen LogP contribution < -0.4 is 5.32 Å². The minimum Gasteiger partial charge on any atom is -0.340 e. The van der Waals surface area contributed by atoms with Gasteiger partial charge in [-0.2, -0.15) is 0 Å². The van der Waals surface area contributed by atoms with Crippen LogP contribution in [0.1, 0.15) is 25.0 Å². The Kier molecular flexibility index (Phi) is 2.58. The summed E-state index contributed by atoms with van der Waals surface area (Å²) in [7, 11) is 1.82. The molecule has 2 heteroatoms. The third-order valence-corrected chi connectivity index (χ3v) is 2.80. The molecule has 0 bridgehead atoms. The normalized spacial score (nSPS) is 19.4. The average Bonchev–Trinajstić information content (AvgIpc) is 2.65. The van der Waals surface area contributed by atoms with Gasteiger partial charge in [-0.15, -0.1) is 0 Å². The second kappa shape index (κ2) is 3.89. The van der Waals surface area contributed by atoms with Gasteiger partial charge in [-0.25, -0.2) is 0 Å². The van der Waals surface area contributed by atoms with Crippen LogP contribution in [0.5, 0.6) is 0 Å². The van der Waals surface area contributed by atoms with Crippen LogP contribution >= 0.6 is 0 Å². The number of benzene rings is 1. The van der Waals surface area contributed by atoms with Crippen LogP contribution in [0.3, 0.4) is 0 Å². The van der Waals surface area contributed by atoms with E-state index >= 15 is 0 Å². The van der Waals surface area contributed by atoms with Gasteiger partial charge in [0.1, 0.15) is 5.84 Å². The van der Waals surface area contributed by atoms with Gasteiger partial charge in [-0.1, -0.05) is 25.1 Å². The fourth-order valence-electron chi connectivity index (χ4n) is 1.94. The van der Waals surface area contributed by atoms with Gasteiger partial charge >= 0.3 is 0 Å². The van der Waals surface area contributed by atoms with Crippen molar-refractivity contribution in [1.29, 1.82) is 0 Å². The number of hydrogen-bond donors (Lipinski definition) is 1. The van der Waals surface area contributed by atoms with Crippen LogP contribution in [0.15, 0.2) is 29.3 Å². The van der Waals surface area contributed by atoms with Gasteiger partial charge in [0.2, 0.25) is 0 Å². The number of hydrogen-bond acceptors (Lipinski definition) is 1. The number of amidine groups is 1. The lowest BCUT2D eigenvalue weighted by Crippen LogP contribution is -2.04. The smallest absolute Gasteiger partial charge is 0.132 e. The zero-order valence-corrected chi connectivity index (χ0v) is 9.46. The predicted octanol–water partition coefficient (Wildman–Crippen LogP) is 3.11. The minimum atomic E-state index is 0.973. The van der Waals surface area contributed by atoms with Crippen molar-refractivity contribution < 1.29 is 0 Å². The minimum absolute atomic E-state index is 0.973. The van der Waals surface area contributed by atoms with E-state index in [1.807, 2.05) is 14.0 Å². The fraction of sp³-hybridized carbons (Fsp3) is 0.308. The highest BCUT2D eigenvalue weighted by molar-refractivity contribution is 6.34. The summed E-state index contributed by atoms with van der Waals surface area (Å²) in [4.78, 5) is 4.25. The number of aryl methyl sites for hydroxylation is 1. The number of rotatable bonds is 1. The van der Waals surface area contributed by atoms with Gasteiger partial charge < -0.3 is 5.32 Å². The summed E-state index contributed by atoms with van der Waals surface area (Å²) >= 11 is 0. The molecule has 2 rings (SSSR count). The molecule has 0 unspecified atom stereocenters. The number of nitrogens with one attached hydrogen (secondary N) is 1. The Morgan fingerprint density at radius 2 is 2.20 bits per heavy atom. The molecule has 1 aromatic carbocycles. The molecule has 0 saturated heterocycles. The highest BCUT2D eigenvalue weighted by Crippen LogP contribution is 2.32. The molecule has 1 heterocycles. The first kappa shape index (κ1) is 9.97. The van der Waals surface area contributed by atoms with E-state index in [-0.39, 0.29) is 0 Å². The van der Waals surface area contributed by atoms with Crippen LogP contribution in [0, 0.1) is 0 Å². The summed E-state index contributed by atoms with van der Waals surface area (Å²) in [5, 5.41) is 3.34. The number of nitrogens with zero attached hydrogens (tertiary/aromatic N) is 1. The summed E-state index contributed by atoms with van der Waals surface area (Å²) in [5.74, 6) is 0.973. The fourth-order valence-corrected chi connectivity index (χ4v) is 1.94. The molecule has 1 aromatic rings. The van der Waals surface area contributed by atoms with Gasteiger partial charge in [0.25, 0.3) is 0 Å². The first-order chi connectivity index (χ1) is 7.30. The van der Waals surface area contributed by atoms with Crippen LogP contribution in [0.25, 0.3) is 5.57 Å². The lowest BCUT2D eigenvalue weighted by Gasteiger charge is -2.01.